The van der Waals surface area contributed by atoms with E-state index in [1.54, 1.807) is 4.90 Å². The van der Waals surface area contributed by atoms with Gasteiger partial charge in [0.1, 0.15) is 0 Å². The minimum absolute atomic E-state index is 0.0668. The molecule has 0 aliphatic carbocycles. The van der Waals surface area contributed by atoms with Gasteiger partial charge in [-0.25, -0.2) is 0 Å². The molecule has 0 bridgehead atoms. The van der Waals surface area contributed by atoms with Crippen molar-refractivity contribution in [3.63, 3.8) is 0 Å². The number of hydrogen-bond donors (Lipinski definition) is 0. The van der Waals surface area contributed by atoms with Crippen molar-refractivity contribution in [1.29, 1.82) is 0 Å². The molecule has 4 heteroatoms. The molecule has 142 valence electrons. The lowest BCUT2D eigenvalue weighted by Crippen LogP contribution is -2.42. The second-order valence-electron chi connectivity index (χ2n) is 7.77. The van der Waals surface area contributed by atoms with E-state index in [1.165, 1.54) is 5.56 Å². The molecule has 0 fully saturated rings. The predicted molar refractivity (Wildman–Crippen MR) is 110 cm³/mol. The lowest BCUT2D eigenvalue weighted by Gasteiger charge is -2.31. The Kier molecular flexibility index (Phi) is 5.36. The Labute approximate surface area is 161 Å². The Morgan fingerprint density at radius 3 is 2.11 bits per heavy atom. The molecule has 1 aliphatic rings. The zero-order valence-corrected chi connectivity index (χ0v) is 16.8. The number of nitrogens with zero attached hydrogens (tertiary/aromatic N) is 2. The van der Waals surface area contributed by atoms with Gasteiger partial charge in [-0.05, 0) is 75.1 Å². The highest BCUT2D eigenvalue weighted by Gasteiger charge is 2.22. The molecule has 0 aromatic heterocycles. The van der Waals surface area contributed by atoms with Crippen molar-refractivity contribution in [3.05, 3.63) is 53.6 Å². The molecule has 2 amide bonds. The molecular weight excluding hydrogens is 336 g/mol. The van der Waals surface area contributed by atoms with Gasteiger partial charge in [0.2, 0.25) is 5.91 Å². The van der Waals surface area contributed by atoms with E-state index in [0.717, 1.165) is 23.2 Å². The molecule has 1 aliphatic heterocycles. The minimum atomic E-state index is 0.0668. The molecule has 0 saturated heterocycles. The summed E-state index contributed by atoms with van der Waals surface area (Å²) >= 11 is 0. The fourth-order valence-corrected chi connectivity index (χ4v) is 3.86. The third-order valence-corrected chi connectivity index (χ3v) is 5.24. The summed E-state index contributed by atoms with van der Waals surface area (Å²) in [4.78, 5) is 28.3. The summed E-state index contributed by atoms with van der Waals surface area (Å²) in [5, 5.41) is 0. The summed E-state index contributed by atoms with van der Waals surface area (Å²) < 4.78 is 0. The maximum Gasteiger partial charge on any atom is 0.254 e. The van der Waals surface area contributed by atoms with Crippen molar-refractivity contribution in [1.82, 2.24) is 4.90 Å². The Hall–Kier alpha value is -2.62. The van der Waals surface area contributed by atoms with Gasteiger partial charge in [0.05, 0.1) is 0 Å². The number of fused-ring (bicyclic) bond motifs is 1. The van der Waals surface area contributed by atoms with E-state index in [0.29, 0.717) is 12.0 Å². The Morgan fingerprint density at radius 2 is 1.52 bits per heavy atom. The summed E-state index contributed by atoms with van der Waals surface area (Å²) in [6.45, 7) is 8.17. The third-order valence-electron chi connectivity index (χ3n) is 5.24. The van der Waals surface area contributed by atoms with Gasteiger partial charge < -0.3 is 9.80 Å². The number of amides is 2. The maximum absolute atomic E-state index is 12.8. The van der Waals surface area contributed by atoms with Crippen molar-refractivity contribution in [2.45, 2.75) is 52.6 Å². The molecule has 0 radical (unpaired) electrons. The highest BCUT2D eigenvalue weighted by atomic mass is 16.2. The molecule has 4 nitrogen and oxygen atoms in total. The van der Waals surface area contributed by atoms with Crippen molar-refractivity contribution in [3.8, 4) is 11.1 Å². The van der Waals surface area contributed by atoms with Crippen LogP contribution in [0, 0.1) is 0 Å². The maximum atomic E-state index is 12.8. The molecule has 0 unspecified atom stereocenters. The van der Waals surface area contributed by atoms with Gasteiger partial charge in [0.15, 0.2) is 0 Å². The van der Waals surface area contributed by atoms with Crippen LogP contribution in [0.3, 0.4) is 0 Å². The number of carbonyl (C=O) groups is 2. The third kappa shape index (κ3) is 3.75. The van der Waals surface area contributed by atoms with Gasteiger partial charge in [-0.1, -0.05) is 18.2 Å². The molecule has 2 aromatic carbocycles. The van der Waals surface area contributed by atoms with E-state index < -0.39 is 0 Å². The number of hydrogen-bond acceptors (Lipinski definition) is 2. The SMILES string of the molecule is CC(C)N(C(=O)c1ccc(-c2ccc3c(c2)CCC(=O)N3C)cc1)C(C)C. The first kappa shape index (κ1) is 19.2. The second kappa shape index (κ2) is 7.55. The number of benzene rings is 2. The van der Waals surface area contributed by atoms with Gasteiger partial charge in [0.25, 0.3) is 5.91 Å². The standard InChI is InChI=1S/C23H28N2O2/c1-15(2)25(16(3)4)23(27)18-8-6-17(7-9-18)19-10-12-21-20(14-19)11-13-22(26)24(21)5/h6-10,12,14-16H,11,13H2,1-5H3. The van der Waals surface area contributed by atoms with Crippen LogP contribution in [0.15, 0.2) is 42.5 Å². The fourth-order valence-electron chi connectivity index (χ4n) is 3.86. The van der Waals surface area contributed by atoms with E-state index >= 15 is 0 Å². The number of aryl methyl sites for hydroxylation is 1. The van der Waals surface area contributed by atoms with Gasteiger partial charge in [0, 0.05) is 36.8 Å². The van der Waals surface area contributed by atoms with Crippen LogP contribution in [0.5, 0.6) is 0 Å². The van der Waals surface area contributed by atoms with E-state index in [9.17, 15) is 9.59 Å². The highest BCUT2D eigenvalue weighted by molar-refractivity contribution is 5.97. The minimum Gasteiger partial charge on any atom is -0.334 e. The molecule has 3 rings (SSSR count). The van der Waals surface area contributed by atoms with Crippen LogP contribution in [0.2, 0.25) is 0 Å². The van der Waals surface area contributed by atoms with Crippen LogP contribution in [0.1, 0.15) is 50.0 Å². The smallest absolute Gasteiger partial charge is 0.254 e. The zero-order chi connectivity index (χ0) is 19.7. The van der Waals surface area contributed by atoms with Crippen molar-refractivity contribution in [2.24, 2.45) is 0 Å². The van der Waals surface area contributed by atoms with E-state index in [4.69, 9.17) is 0 Å². The Bertz CT molecular complexity index is 845. The van der Waals surface area contributed by atoms with Crippen LogP contribution >= 0.6 is 0 Å². The first-order chi connectivity index (χ1) is 12.8. The largest absolute Gasteiger partial charge is 0.334 e. The van der Waals surface area contributed by atoms with Crippen molar-refractivity contribution in [2.75, 3.05) is 11.9 Å². The topological polar surface area (TPSA) is 40.6 Å². The van der Waals surface area contributed by atoms with E-state index in [-0.39, 0.29) is 23.9 Å². The molecule has 0 saturated carbocycles. The van der Waals surface area contributed by atoms with Crippen LogP contribution in [0.4, 0.5) is 5.69 Å². The first-order valence-corrected chi connectivity index (χ1v) is 9.62. The molecule has 0 N–H and O–H groups in total. The lowest BCUT2D eigenvalue weighted by molar-refractivity contribution is -0.118. The lowest BCUT2D eigenvalue weighted by atomic mass is 9.95. The molecule has 1 heterocycles. The van der Waals surface area contributed by atoms with Gasteiger partial charge in [-0.3, -0.25) is 9.59 Å². The summed E-state index contributed by atoms with van der Waals surface area (Å²) in [5.74, 6) is 0.232. The van der Waals surface area contributed by atoms with E-state index in [2.05, 4.69) is 6.07 Å². The zero-order valence-electron chi connectivity index (χ0n) is 16.8. The average molecular weight is 364 g/mol. The van der Waals surface area contributed by atoms with Crippen molar-refractivity contribution >= 4 is 17.5 Å². The van der Waals surface area contributed by atoms with Crippen LogP contribution in [0.25, 0.3) is 11.1 Å². The van der Waals surface area contributed by atoms with Crippen molar-refractivity contribution < 1.29 is 9.59 Å². The summed E-state index contributed by atoms with van der Waals surface area (Å²) in [7, 11) is 1.83. The Balaban J connectivity index is 1.86. The van der Waals surface area contributed by atoms with Gasteiger partial charge in [-0.15, -0.1) is 0 Å². The Morgan fingerprint density at radius 1 is 0.926 bits per heavy atom. The highest BCUT2D eigenvalue weighted by Crippen LogP contribution is 2.31. The number of rotatable bonds is 4. The summed E-state index contributed by atoms with van der Waals surface area (Å²) in [6.07, 6.45) is 1.33. The molecule has 27 heavy (non-hydrogen) atoms. The van der Waals surface area contributed by atoms with E-state index in [1.807, 2.05) is 76.0 Å². The summed E-state index contributed by atoms with van der Waals surface area (Å²) in [6, 6.07) is 14.4. The van der Waals surface area contributed by atoms with Gasteiger partial charge >= 0.3 is 0 Å². The van der Waals surface area contributed by atoms with Crippen LogP contribution < -0.4 is 4.90 Å². The van der Waals surface area contributed by atoms with Crippen LogP contribution in [-0.4, -0.2) is 35.8 Å². The molecule has 0 spiro atoms. The predicted octanol–water partition coefficient (Wildman–Crippen LogP) is 4.52. The quantitative estimate of drug-likeness (QED) is 0.800. The number of anilines is 1. The van der Waals surface area contributed by atoms with Gasteiger partial charge in [-0.2, -0.15) is 0 Å². The molecule has 0 atom stereocenters. The summed E-state index contributed by atoms with van der Waals surface area (Å²) in [5.41, 5.74) is 5.09. The second-order valence-corrected chi connectivity index (χ2v) is 7.77. The van der Waals surface area contributed by atoms with Crippen LogP contribution in [-0.2, 0) is 11.2 Å². The average Bonchev–Trinajstić information content (AvgIpc) is 2.64. The first-order valence-electron chi connectivity index (χ1n) is 9.62. The monoisotopic (exact) mass is 364 g/mol. The molecular formula is C23H28N2O2. The number of carbonyl (C=O) groups excluding carboxylic acids is 2. The normalized spacial score (nSPS) is 13.9. The fraction of sp³-hybridized carbons (Fsp3) is 0.391. The molecule has 2 aromatic rings.